The van der Waals surface area contributed by atoms with Gasteiger partial charge in [-0.25, -0.2) is 0 Å². The van der Waals surface area contributed by atoms with Crippen molar-refractivity contribution in [3.8, 4) is 0 Å². The van der Waals surface area contributed by atoms with Crippen LogP contribution in [-0.4, -0.2) is 69.5 Å². The zero-order valence-electron chi connectivity index (χ0n) is 20.1. The van der Waals surface area contributed by atoms with E-state index in [0.717, 1.165) is 0 Å². The molecule has 10 nitrogen and oxygen atoms in total. The van der Waals surface area contributed by atoms with E-state index in [9.17, 15) is 0 Å². The van der Waals surface area contributed by atoms with Crippen molar-refractivity contribution >= 4 is 69.5 Å². The summed E-state index contributed by atoms with van der Waals surface area (Å²) in [5, 5.41) is 0. The van der Waals surface area contributed by atoms with Crippen molar-refractivity contribution < 1.29 is 41.2 Å². The summed E-state index contributed by atoms with van der Waals surface area (Å²) < 4.78 is 65.1. The first-order valence-electron chi connectivity index (χ1n) is 10.1. The van der Waals surface area contributed by atoms with Gasteiger partial charge in [0, 0.05) is 26.2 Å². The second-order valence-electron chi connectivity index (χ2n) is 10.1. The quantitative estimate of drug-likeness (QED) is 0.408. The zero-order valence-corrected chi connectivity index (χ0v) is 28.1. The molecule has 0 spiro atoms. The molecule has 176 valence electrons. The third kappa shape index (κ3) is 6.26. The van der Waals surface area contributed by atoms with Crippen molar-refractivity contribution in [1.29, 1.82) is 0 Å². The molecule has 0 N–H and O–H groups in total. The molecule has 0 unspecified atom stereocenters. The molecule has 0 aromatic carbocycles. The molecule has 3 saturated heterocycles. The molecule has 0 atom stereocenters. The highest BCUT2D eigenvalue weighted by Crippen LogP contribution is 2.41. The first kappa shape index (κ1) is 25.9. The largest absolute Gasteiger partial charge is 0.474 e. The van der Waals surface area contributed by atoms with E-state index in [1.54, 1.807) is 0 Å². The molecule has 3 rings (SSSR count). The summed E-state index contributed by atoms with van der Waals surface area (Å²) in [6, 6.07) is 0. The summed E-state index contributed by atoms with van der Waals surface area (Å²) in [5.74, 6) is 0. The van der Waals surface area contributed by atoms with Gasteiger partial charge in [-0.15, -0.1) is 0 Å². The molecule has 0 aliphatic carbocycles. The van der Waals surface area contributed by atoms with Crippen molar-refractivity contribution in [3.05, 3.63) is 0 Å². The van der Waals surface area contributed by atoms with Crippen LogP contribution in [0.3, 0.4) is 0 Å². The fourth-order valence-electron chi connectivity index (χ4n) is 4.65. The molecular formula is C12H36O10Si8. The third-order valence-electron chi connectivity index (χ3n) is 4.19. The smallest absolute Gasteiger partial charge is 0.416 e. The number of hydrogen-bond acceptors (Lipinski definition) is 10. The van der Waals surface area contributed by atoms with E-state index in [4.69, 9.17) is 41.2 Å². The van der Waals surface area contributed by atoms with Gasteiger partial charge >= 0.3 is 69.5 Å². The van der Waals surface area contributed by atoms with Gasteiger partial charge in [-0.1, -0.05) is 0 Å². The van der Waals surface area contributed by atoms with Gasteiger partial charge in [-0.2, -0.15) is 0 Å². The van der Waals surface area contributed by atoms with E-state index in [1.807, 2.05) is 78.6 Å². The molecule has 0 aromatic heterocycles. The number of hydrogen-bond donors (Lipinski definition) is 0. The van der Waals surface area contributed by atoms with Crippen molar-refractivity contribution in [3.63, 3.8) is 0 Å². The minimum atomic E-state index is -3.32. The average molecular weight is 565 g/mol. The summed E-state index contributed by atoms with van der Waals surface area (Å²) in [6.45, 7) is 23.1. The molecule has 0 aromatic rings. The Morgan fingerprint density at radius 3 is 0.567 bits per heavy atom. The standard InChI is InChI=1S/C12H36O10Si8/c1-23(2)13-24(3,4)16-28(10)19-27(9,15-23)21-29(11)17-25(5,6)14-26(7,8)18-30(12,20-29)22-28/h1-12H3. The Kier molecular flexibility index (Phi) is 6.41. The lowest BCUT2D eigenvalue weighted by molar-refractivity contribution is 0.0609. The monoisotopic (exact) mass is 564 g/mol. The lowest BCUT2D eigenvalue weighted by Crippen LogP contribution is -2.78. The normalized spacial score (nSPS) is 47.6. The first-order valence-corrected chi connectivity index (χ1v) is 30.2. The van der Waals surface area contributed by atoms with Crippen molar-refractivity contribution in [2.24, 2.45) is 0 Å². The van der Waals surface area contributed by atoms with Crippen LogP contribution in [-0.2, 0) is 41.2 Å². The van der Waals surface area contributed by atoms with Gasteiger partial charge in [0.2, 0.25) is 0 Å². The van der Waals surface area contributed by atoms with Gasteiger partial charge in [0.05, 0.1) is 0 Å². The van der Waals surface area contributed by atoms with Crippen LogP contribution in [0.2, 0.25) is 78.6 Å². The molecule has 0 amide bonds. The second-order valence-corrected chi connectivity index (χ2v) is 36.3. The minimum absolute atomic E-state index is 1.84. The lowest BCUT2D eigenvalue weighted by atomic mass is 11.9. The van der Waals surface area contributed by atoms with Crippen LogP contribution in [0.15, 0.2) is 0 Å². The molecule has 30 heavy (non-hydrogen) atoms. The van der Waals surface area contributed by atoms with Crippen LogP contribution in [0, 0.1) is 0 Å². The fourth-order valence-corrected chi connectivity index (χ4v) is 47.9. The highest BCUT2D eigenvalue weighted by Gasteiger charge is 2.68. The topological polar surface area (TPSA) is 92.3 Å². The zero-order chi connectivity index (χ0) is 23.1. The van der Waals surface area contributed by atoms with Crippen molar-refractivity contribution in [2.45, 2.75) is 78.6 Å². The van der Waals surface area contributed by atoms with Gasteiger partial charge in [0.15, 0.2) is 0 Å². The van der Waals surface area contributed by atoms with Gasteiger partial charge in [-0.3, -0.25) is 0 Å². The maximum Gasteiger partial charge on any atom is 0.474 e. The maximum atomic E-state index is 6.58. The molecule has 3 aliphatic rings. The van der Waals surface area contributed by atoms with Crippen molar-refractivity contribution in [1.82, 2.24) is 0 Å². The Morgan fingerprint density at radius 2 is 0.400 bits per heavy atom. The van der Waals surface area contributed by atoms with Crippen LogP contribution >= 0.6 is 0 Å². The van der Waals surface area contributed by atoms with E-state index in [-0.39, 0.29) is 0 Å². The number of rotatable bonds is 0. The Hall–Kier alpha value is 1.34. The summed E-state index contributed by atoms with van der Waals surface area (Å²) in [4.78, 5) is 0. The van der Waals surface area contributed by atoms with Crippen LogP contribution in [0.5, 0.6) is 0 Å². The summed E-state index contributed by atoms with van der Waals surface area (Å²) in [6.07, 6.45) is 0. The summed E-state index contributed by atoms with van der Waals surface area (Å²) in [7, 11) is -23.7. The Labute approximate surface area is 188 Å². The molecular weight excluding hydrogens is 529 g/mol. The minimum Gasteiger partial charge on any atom is -0.416 e. The molecule has 3 fully saturated rings. The van der Waals surface area contributed by atoms with E-state index in [0.29, 0.717) is 0 Å². The first-order chi connectivity index (χ1) is 13.1. The highest BCUT2D eigenvalue weighted by molar-refractivity contribution is 6.98. The van der Waals surface area contributed by atoms with Gasteiger partial charge in [-0.05, 0) is 52.4 Å². The van der Waals surface area contributed by atoms with Crippen LogP contribution in [0.25, 0.3) is 0 Å². The molecule has 3 heterocycles. The van der Waals surface area contributed by atoms with E-state index in [1.165, 1.54) is 0 Å². The molecule has 3 aliphatic heterocycles. The second kappa shape index (κ2) is 7.41. The van der Waals surface area contributed by atoms with Crippen LogP contribution in [0.4, 0.5) is 0 Å². The Morgan fingerprint density at radius 1 is 0.233 bits per heavy atom. The maximum absolute atomic E-state index is 6.58. The van der Waals surface area contributed by atoms with Crippen LogP contribution < -0.4 is 0 Å². The fraction of sp³-hybridized carbons (Fsp3) is 1.00. The third-order valence-corrected chi connectivity index (χ3v) is 37.7. The molecule has 0 radical (unpaired) electrons. The average Bonchev–Trinajstić information content (AvgIpc) is 2.22. The Bertz CT molecular complexity index is 600. The predicted molar refractivity (Wildman–Crippen MR) is 127 cm³/mol. The van der Waals surface area contributed by atoms with Crippen molar-refractivity contribution in [2.75, 3.05) is 0 Å². The molecule has 18 heteroatoms. The predicted octanol–water partition coefficient (Wildman–Crippen LogP) is 3.28. The summed E-state index contributed by atoms with van der Waals surface area (Å²) in [5.41, 5.74) is 0. The van der Waals surface area contributed by atoms with Gasteiger partial charge in [0.25, 0.3) is 0 Å². The Balaban J connectivity index is 2.11. The van der Waals surface area contributed by atoms with E-state index >= 15 is 0 Å². The lowest BCUT2D eigenvalue weighted by Gasteiger charge is -2.54. The molecule has 4 bridgehead atoms. The SMILES string of the molecule is C[Si]1(C)O[Si](C)(C)O[Si]2(C)O[Si](C)(O1)O[Si]1(C)O[Si](C)(C)O[Si](C)(C)O[Si](C)(O1)O2. The number of fused-ring (bicyclic) bond motifs is 4. The van der Waals surface area contributed by atoms with E-state index in [2.05, 4.69) is 0 Å². The van der Waals surface area contributed by atoms with E-state index < -0.39 is 69.5 Å². The van der Waals surface area contributed by atoms with Gasteiger partial charge < -0.3 is 41.2 Å². The van der Waals surface area contributed by atoms with Crippen LogP contribution in [0.1, 0.15) is 0 Å². The summed E-state index contributed by atoms with van der Waals surface area (Å²) >= 11 is 0. The molecule has 0 saturated carbocycles. The highest BCUT2D eigenvalue weighted by atomic mass is 28.6. The van der Waals surface area contributed by atoms with Gasteiger partial charge in [0.1, 0.15) is 0 Å².